The lowest BCUT2D eigenvalue weighted by Crippen LogP contribution is -2.23. The Morgan fingerprint density at radius 3 is 2.70 bits per heavy atom. The van der Waals surface area contributed by atoms with Crippen molar-refractivity contribution in [3.05, 3.63) is 35.7 Å². The van der Waals surface area contributed by atoms with E-state index in [1.165, 1.54) is 5.38 Å². The average Bonchev–Trinajstić information content (AvgIpc) is 3.47. The molecular weight excluding hydrogens is 419 g/mol. The normalized spacial score (nSPS) is 15.4. The number of alkyl halides is 3. The summed E-state index contributed by atoms with van der Waals surface area (Å²) >= 11 is 1.06. The third-order valence-electron chi connectivity index (χ3n) is 4.85. The summed E-state index contributed by atoms with van der Waals surface area (Å²) in [6.45, 7) is 2.97. The van der Waals surface area contributed by atoms with E-state index in [9.17, 15) is 18.0 Å². The lowest BCUT2D eigenvalue weighted by atomic mass is 10.3. The van der Waals surface area contributed by atoms with E-state index in [1.54, 1.807) is 12.3 Å². The molecule has 8 nitrogen and oxygen atoms in total. The molecule has 0 spiro atoms. The number of nitrogens with one attached hydrogen (secondary N) is 1. The van der Waals surface area contributed by atoms with Gasteiger partial charge in [0.05, 0.1) is 11.9 Å². The Hall–Kier alpha value is -3.02. The molecule has 3 aromatic rings. The molecule has 12 heteroatoms. The summed E-state index contributed by atoms with van der Waals surface area (Å²) in [5, 5.41) is 11.7. The highest BCUT2D eigenvalue weighted by atomic mass is 32.1. The molecular formula is C18H18F3N7OS. The molecule has 1 N–H and O–H groups in total. The average molecular weight is 437 g/mol. The number of hydrogen-bond acceptors (Lipinski definition) is 7. The van der Waals surface area contributed by atoms with Crippen LogP contribution in [0.2, 0.25) is 0 Å². The Morgan fingerprint density at radius 2 is 2.03 bits per heavy atom. The standard InChI is InChI=1S/C18H18F3N7OS/c1-11(18(19,20)21)28-10-23-26-15(28)17-25-14(9-30-17)24-16(29)13-5-4-12(8-22-13)27-6-2-3-7-27/h4-5,8-11H,2-3,6-7H2,1H3,(H,24,29). The lowest BCUT2D eigenvalue weighted by Gasteiger charge is -2.17. The minimum atomic E-state index is -4.45. The molecule has 0 saturated carbocycles. The molecule has 0 aliphatic carbocycles. The number of carbonyl (C=O) groups is 1. The van der Waals surface area contributed by atoms with E-state index in [4.69, 9.17) is 0 Å². The van der Waals surface area contributed by atoms with Crippen LogP contribution in [0.3, 0.4) is 0 Å². The summed E-state index contributed by atoms with van der Waals surface area (Å²) in [4.78, 5) is 23.0. The number of halogens is 3. The molecule has 1 amide bonds. The summed E-state index contributed by atoms with van der Waals surface area (Å²) in [7, 11) is 0. The molecule has 0 bridgehead atoms. The molecule has 30 heavy (non-hydrogen) atoms. The smallest absolute Gasteiger partial charge is 0.370 e. The quantitative estimate of drug-likeness (QED) is 0.654. The second-order valence-corrected chi connectivity index (χ2v) is 7.73. The molecule has 0 radical (unpaired) electrons. The lowest BCUT2D eigenvalue weighted by molar-refractivity contribution is -0.162. The second kappa shape index (κ2) is 8.01. The van der Waals surface area contributed by atoms with Gasteiger partial charge in [0.25, 0.3) is 5.91 Å². The van der Waals surface area contributed by atoms with Crippen LogP contribution < -0.4 is 10.2 Å². The number of hydrogen-bond donors (Lipinski definition) is 1. The highest BCUT2D eigenvalue weighted by molar-refractivity contribution is 7.13. The number of carbonyl (C=O) groups excluding carboxylic acids is 1. The highest BCUT2D eigenvalue weighted by Crippen LogP contribution is 2.34. The maximum absolute atomic E-state index is 13.0. The monoisotopic (exact) mass is 437 g/mol. The van der Waals surface area contributed by atoms with Gasteiger partial charge in [-0.2, -0.15) is 13.2 Å². The summed E-state index contributed by atoms with van der Waals surface area (Å²) < 4.78 is 40.0. The van der Waals surface area contributed by atoms with Crippen molar-refractivity contribution in [1.82, 2.24) is 24.7 Å². The molecule has 1 aliphatic rings. The first kappa shape index (κ1) is 20.3. The number of thiazole rings is 1. The van der Waals surface area contributed by atoms with Gasteiger partial charge in [-0.25, -0.2) is 9.97 Å². The van der Waals surface area contributed by atoms with Crippen molar-refractivity contribution >= 4 is 28.7 Å². The summed E-state index contributed by atoms with van der Waals surface area (Å²) in [6.07, 6.45) is 0.513. The van der Waals surface area contributed by atoms with Gasteiger partial charge in [0.2, 0.25) is 0 Å². The van der Waals surface area contributed by atoms with E-state index >= 15 is 0 Å². The first-order valence-electron chi connectivity index (χ1n) is 9.27. The van der Waals surface area contributed by atoms with E-state index < -0.39 is 18.1 Å². The number of aromatic nitrogens is 5. The van der Waals surface area contributed by atoms with Crippen molar-refractivity contribution in [3.63, 3.8) is 0 Å². The third kappa shape index (κ3) is 4.13. The van der Waals surface area contributed by atoms with E-state index in [2.05, 4.69) is 30.4 Å². The molecule has 1 unspecified atom stereocenters. The Morgan fingerprint density at radius 1 is 1.27 bits per heavy atom. The first-order valence-corrected chi connectivity index (χ1v) is 10.2. The van der Waals surface area contributed by atoms with Gasteiger partial charge in [-0.15, -0.1) is 21.5 Å². The van der Waals surface area contributed by atoms with E-state index in [1.807, 2.05) is 6.07 Å². The Labute approximate surface area is 173 Å². The minimum Gasteiger partial charge on any atom is -0.370 e. The zero-order valence-electron chi connectivity index (χ0n) is 15.9. The van der Waals surface area contributed by atoms with Crippen LogP contribution in [-0.4, -0.2) is 49.9 Å². The number of rotatable bonds is 5. The van der Waals surface area contributed by atoms with Gasteiger partial charge in [0.15, 0.2) is 10.8 Å². The molecule has 3 aromatic heterocycles. The van der Waals surface area contributed by atoms with Gasteiger partial charge in [0, 0.05) is 18.5 Å². The first-order chi connectivity index (χ1) is 14.3. The van der Waals surface area contributed by atoms with Crippen LogP contribution in [0.4, 0.5) is 24.7 Å². The molecule has 1 atom stereocenters. The van der Waals surface area contributed by atoms with Crippen molar-refractivity contribution in [2.75, 3.05) is 23.3 Å². The maximum Gasteiger partial charge on any atom is 0.408 e. The predicted molar refractivity (Wildman–Crippen MR) is 106 cm³/mol. The van der Waals surface area contributed by atoms with Crippen LogP contribution in [-0.2, 0) is 0 Å². The zero-order chi connectivity index (χ0) is 21.3. The van der Waals surface area contributed by atoms with Crippen molar-refractivity contribution in [2.45, 2.75) is 32.0 Å². The number of anilines is 2. The fourth-order valence-corrected chi connectivity index (χ4v) is 3.87. The van der Waals surface area contributed by atoms with Gasteiger partial charge < -0.3 is 10.2 Å². The van der Waals surface area contributed by atoms with Crippen molar-refractivity contribution in [2.24, 2.45) is 0 Å². The molecule has 1 fully saturated rings. The molecule has 0 aromatic carbocycles. The van der Waals surface area contributed by atoms with E-state index in [0.29, 0.717) is 0 Å². The van der Waals surface area contributed by atoms with Gasteiger partial charge >= 0.3 is 6.18 Å². The van der Waals surface area contributed by atoms with Crippen LogP contribution in [0.1, 0.15) is 36.3 Å². The van der Waals surface area contributed by atoms with Gasteiger partial charge in [-0.1, -0.05) is 0 Å². The van der Waals surface area contributed by atoms with Gasteiger partial charge in [-0.05, 0) is 31.9 Å². The van der Waals surface area contributed by atoms with E-state index in [-0.39, 0.29) is 22.3 Å². The Bertz CT molecular complexity index is 1030. The van der Waals surface area contributed by atoms with Crippen LogP contribution in [0.15, 0.2) is 30.0 Å². The molecule has 4 heterocycles. The van der Waals surface area contributed by atoms with Crippen LogP contribution in [0.25, 0.3) is 10.8 Å². The maximum atomic E-state index is 13.0. The minimum absolute atomic E-state index is 0.0154. The van der Waals surface area contributed by atoms with Crippen molar-refractivity contribution < 1.29 is 18.0 Å². The Kier molecular flexibility index (Phi) is 5.41. The summed E-state index contributed by atoms with van der Waals surface area (Å²) in [5.74, 6) is -0.261. The van der Waals surface area contributed by atoms with Crippen molar-refractivity contribution in [3.8, 4) is 10.8 Å². The summed E-state index contributed by atoms with van der Waals surface area (Å²) in [6, 6.07) is 1.68. The van der Waals surface area contributed by atoms with Crippen LogP contribution >= 0.6 is 11.3 Å². The van der Waals surface area contributed by atoms with Gasteiger partial charge in [0.1, 0.15) is 23.9 Å². The van der Waals surface area contributed by atoms with Crippen LogP contribution in [0.5, 0.6) is 0 Å². The molecule has 158 valence electrons. The predicted octanol–water partition coefficient (Wildman–Crippen LogP) is 3.77. The Balaban J connectivity index is 1.46. The van der Waals surface area contributed by atoms with E-state index in [0.717, 1.165) is 60.8 Å². The summed E-state index contributed by atoms with van der Waals surface area (Å²) in [5.41, 5.74) is 1.19. The molecule has 4 rings (SSSR count). The molecule has 1 aliphatic heterocycles. The highest BCUT2D eigenvalue weighted by Gasteiger charge is 2.39. The third-order valence-corrected chi connectivity index (χ3v) is 5.69. The van der Waals surface area contributed by atoms with Gasteiger partial charge in [-0.3, -0.25) is 9.36 Å². The number of pyridine rings is 1. The SMILES string of the molecule is CC(n1cnnc1-c1nc(NC(=O)c2ccc(N3CCCC3)cn2)cs1)C(F)(F)F. The molecule has 1 saturated heterocycles. The second-order valence-electron chi connectivity index (χ2n) is 6.87. The number of amides is 1. The zero-order valence-corrected chi connectivity index (χ0v) is 16.7. The fraction of sp³-hybridized carbons (Fsp3) is 0.389. The topological polar surface area (TPSA) is 88.8 Å². The van der Waals surface area contributed by atoms with Crippen molar-refractivity contribution in [1.29, 1.82) is 0 Å². The number of nitrogens with zero attached hydrogens (tertiary/aromatic N) is 6. The largest absolute Gasteiger partial charge is 0.408 e. The van der Waals surface area contributed by atoms with Crippen LogP contribution in [0, 0.1) is 0 Å². The fourth-order valence-electron chi connectivity index (χ4n) is 3.13.